The minimum atomic E-state index is 0.0146. The lowest BCUT2D eigenvalue weighted by molar-refractivity contribution is -0.119. The van der Waals surface area contributed by atoms with Crippen molar-refractivity contribution < 1.29 is 4.79 Å². The first kappa shape index (κ1) is 8.81. The summed E-state index contributed by atoms with van der Waals surface area (Å²) >= 11 is 5.95. The highest BCUT2D eigenvalue weighted by Gasteiger charge is 2.24. The molecule has 0 radical (unpaired) electrons. The molecule has 0 aromatic rings. The topological polar surface area (TPSA) is 41.1 Å². The van der Waals surface area contributed by atoms with Crippen LogP contribution in [0.15, 0.2) is 0 Å². The van der Waals surface area contributed by atoms with Gasteiger partial charge in [0.2, 0.25) is 5.91 Å². The van der Waals surface area contributed by atoms with Gasteiger partial charge in [0.15, 0.2) is 0 Å². The molecule has 1 aliphatic heterocycles. The maximum atomic E-state index is 10.5. The lowest BCUT2D eigenvalue weighted by Gasteiger charge is -2.11. The summed E-state index contributed by atoms with van der Waals surface area (Å²) in [5.41, 5.74) is 0. The van der Waals surface area contributed by atoms with Crippen LogP contribution in [0, 0.1) is 5.92 Å². The summed E-state index contributed by atoms with van der Waals surface area (Å²) in [6, 6.07) is 0. The van der Waals surface area contributed by atoms with Gasteiger partial charge in [-0.25, -0.2) is 0 Å². The summed E-state index contributed by atoms with van der Waals surface area (Å²) in [5, 5.41) is 6.09. The zero-order chi connectivity index (χ0) is 8.27. The van der Waals surface area contributed by atoms with Gasteiger partial charge in [-0.05, 0) is 0 Å². The fourth-order valence-corrected chi connectivity index (χ4v) is 1.46. The number of amides is 1. The summed E-state index contributed by atoms with van der Waals surface area (Å²) < 4.78 is 0. The van der Waals surface area contributed by atoms with Crippen LogP contribution in [0.5, 0.6) is 0 Å². The molecule has 2 N–H and O–H groups in total. The summed E-state index contributed by atoms with van der Waals surface area (Å²) in [5.74, 6) is 0.404. The van der Waals surface area contributed by atoms with Gasteiger partial charge in [-0.2, -0.15) is 0 Å². The Bertz CT molecular complexity index is 151. The highest BCUT2D eigenvalue weighted by Crippen LogP contribution is 2.13. The van der Waals surface area contributed by atoms with Crippen molar-refractivity contribution in [1.82, 2.24) is 10.6 Å². The molecule has 0 bridgehead atoms. The van der Waals surface area contributed by atoms with Crippen LogP contribution >= 0.6 is 11.6 Å². The number of carbonyl (C=O) groups excluding carboxylic acids is 1. The molecule has 1 fully saturated rings. The zero-order valence-corrected chi connectivity index (χ0v) is 7.32. The molecule has 0 spiro atoms. The summed E-state index contributed by atoms with van der Waals surface area (Å²) in [7, 11) is 0. The molecule has 64 valence electrons. The van der Waals surface area contributed by atoms with Crippen LogP contribution in [0.25, 0.3) is 0 Å². The molecule has 3 nitrogen and oxygen atoms in total. The van der Waals surface area contributed by atoms with E-state index in [1.54, 1.807) is 0 Å². The molecule has 0 aliphatic carbocycles. The number of hydrogen-bond acceptors (Lipinski definition) is 2. The van der Waals surface area contributed by atoms with Crippen molar-refractivity contribution in [3.8, 4) is 0 Å². The Labute approximate surface area is 71.5 Å². The minimum absolute atomic E-state index is 0.0146. The Morgan fingerprint density at radius 1 is 1.73 bits per heavy atom. The van der Waals surface area contributed by atoms with E-state index < -0.39 is 0 Å². The van der Waals surface area contributed by atoms with Gasteiger partial charge in [0, 0.05) is 32.5 Å². The Kier molecular flexibility index (Phi) is 3.15. The van der Waals surface area contributed by atoms with Gasteiger partial charge in [-0.3, -0.25) is 4.79 Å². The number of hydrogen-bond donors (Lipinski definition) is 2. The van der Waals surface area contributed by atoms with E-state index in [9.17, 15) is 4.79 Å². The van der Waals surface area contributed by atoms with Crippen LogP contribution in [0.2, 0.25) is 0 Å². The van der Waals surface area contributed by atoms with Gasteiger partial charge < -0.3 is 10.6 Å². The van der Waals surface area contributed by atoms with E-state index >= 15 is 0 Å². The van der Waals surface area contributed by atoms with E-state index in [-0.39, 0.29) is 11.3 Å². The molecule has 0 aromatic carbocycles. The lowest BCUT2D eigenvalue weighted by atomic mass is 10.1. The SMILES string of the molecule is CC(=O)NC[C@@H]1CNC[C@H]1Cl. The average molecular weight is 177 g/mol. The number of nitrogens with one attached hydrogen (secondary N) is 2. The fraction of sp³-hybridized carbons (Fsp3) is 0.857. The smallest absolute Gasteiger partial charge is 0.216 e. The fourth-order valence-electron chi connectivity index (χ4n) is 1.18. The second kappa shape index (κ2) is 3.93. The molecule has 0 unspecified atom stereocenters. The molecule has 0 aromatic heterocycles. The van der Waals surface area contributed by atoms with Crippen LogP contribution in [0.4, 0.5) is 0 Å². The molecule has 1 rings (SSSR count). The van der Waals surface area contributed by atoms with E-state index in [0.717, 1.165) is 13.1 Å². The molecule has 2 atom stereocenters. The molecule has 4 heteroatoms. The van der Waals surface area contributed by atoms with Crippen LogP contribution in [-0.2, 0) is 4.79 Å². The van der Waals surface area contributed by atoms with E-state index in [2.05, 4.69) is 10.6 Å². The molecule has 1 aliphatic rings. The monoisotopic (exact) mass is 176 g/mol. The zero-order valence-electron chi connectivity index (χ0n) is 6.56. The number of halogens is 1. The van der Waals surface area contributed by atoms with Gasteiger partial charge in [0.1, 0.15) is 0 Å². The van der Waals surface area contributed by atoms with Crippen molar-refractivity contribution in [3.05, 3.63) is 0 Å². The van der Waals surface area contributed by atoms with Crippen LogP contribution in [0.3, 0.4) is 0 Å². The van der Waals surface area contributed by atoms with Crippen molar-refractivity contribution in [2.75, 3.05) is 19.6 Å². The highest BCUT2D eigenvalue weighted by molar-refractivity contribution is 6.21. The van der Waals surface area contributed by atoms with Crippen molar-refractivity contribution in [2.24, 2.45) is 5.92 Å². The lowest BCUT2D eigenvalue weighted by Crippen LogP contribution is -2.31. The maximum absolute atomic E-state index is 10.5. The van der Waals surface area contributed by atoms with Crippen LogP contribution in [-0.4, -0.2) is 30.9 Å². The second-order valence-corrected chi connectivity index (χ2v) is 3.43. The first-order valence-corrected chi connectivity index (χ1v) is 4.23. The van der Waals surface area contributed by atoms with E-state index in [1.165, 1.54) is 6.92 Å². The van der Waals surface area contributed by atoms with Gasteiger partial charge >= 0.3 is 0 Å². The van der Waals surface area contributed by atoms with E-state index in [1.807, 2.05) is 0 Å². The molecule has 1 saturated heterocycles. The quantitative estimate of drug-likeness (QED) is 0.580. The molecule has 0 saturated carbocycles. The number of carbonyl (C=O) groups is 1. The van der Waals surface area contributed by atoms with E-state index in [0.29, 0.717) is 12.5 Å². The Morgan fingerprint density at radius 2 is 2.45 bits per heavy atom. The van der Waals surface area contributed by atoms with Gasteiger partial charge in [-0.15, -0.1) is 11.6 Å². The largest absolute Gasteiger partial charge is 0.356 e. The minimum Gasteiger partial charge on any atom is -0.356 e. The Balaban J connectivity index is 2.20. The standard InChI is InChI=1S/C7H13ClN2O/c1-5(11)10-3-6-2-9-4-7(6)8/h6-7,9H,2-4H2,1H3,(H,10,11)/t6-,7+/m0/s1. The van der Waals surface area contributed by atoms with Crippen LogP contribution < -0.4 is 10.6 Å². The van der Waals surface area contributed by atoms with Gasteiger partial charge in [-0.1, -0.05) is 0 Å². The molecule has 1 heterocycles. The molecular formula is C7H13ClN2O. The molecule has 1 amide bonds. The van der Waals surface area contributed by atoms with Gasteiger partial charge in [0.05, 0.1) is 5.38 Å². The number of alkyl halides is 1. The second-order valence-electron chi connectivity index (χ2n) is 2.87. The van der Waals surface area contributed by atoms with Gasteiger partial charge in [0.25, 0.3) is 0 Å². The Morgan fingerprint density at radius 3 is 2.91 bits per heavy atom. The number of rotatable bonds is 2. The van der Waals surface area contributed by atoms with Crippen molar-refractivity contribution in [1.29, 1.82) is 0 Å². The Hall–Kier alpha value is -0.280. The third-order valence-electron chi connectivity index (χ3n) is 1.87. The maximum Gasteiger partial charge on any atom is 0.216 e. The third kappa shape index (κ3) is 2.67. The van der Waals surface area contributed by atoms with E-state index in [4.69, 9.17) is 11.6 Å². The first-order chi connectivity index (χ1) is 5.20. The van der Waals surface area contributed by atoms with Crippen molar-refractivity contribution in [2.45, 2.75) is 12.3 Å². The van der Waals surface area contributed by atoms with Crippen LogP contribution in [0.1, 0.15) is 6.92 Å². The highest BCUT2D eigenvalue weighted by atomic mass is 35.5. The summed E-state index contributed by atoms with van der Waals surface area (Å²) in [6.45, 7) is 3.97. The normalized spacial score (nSPS) is 30.4. The molecule has 11 heavy (non-hydrogen) atoms. The third-order valence-corrected chi connectivity index (χ3v) is 2.38. The average Bonchev–Trinajstić information content (AvgIpc) is 2.31. The van der Waals surface area contributed by atoms with Crippen molar-refractivity contribution in [3.63, 3.8) is 0 Å². The predicted octanol–water partition coefficient (Wildman–Crippen LogP) is -0.0507. The predicted molar refractivity (Wildman–Crippen MR) is 44.7 cm³/mol. The summed E-state index contributed by atoms with van der Waals surface area (Å²) in [4.78, 5) is 10.5. The summed E-state index contributed by atoms with van der Waals surface area (Å²) in [6.07, 6.45) is 0. The molecular weight excluding hydrogens is 164 g/mol. The van der Waals surface area contributed by atoms with Crippen molar-refractivity contribution >= 4 is 17.5 Å². The first-order valence-electron chi connectivity index (χ1n) is 3.79.